The van der Waals surface area contributed by atoms with Crippen molar-refractivity contribution in [3.63, 3.8) is 0 Å². The summed E-state index contributed by atoms with van der Waals surface area (Å²) in [5.41, 5.74) is 2.51. The van der Waals surface area contributed by atoms with Crippen molar-refractivity contribution in [3.05, 3.63) is 35.4 Å². The first-order valence-corrected chi connectivity index (χ1v) is 11.9. The zero-order valence-corrected chi connectivity index (χ0v) is 17.1. The number of hydrogen-bond acceptors (Lipinski definition) is 4. The predicted octanol–water partition coefficient (Wildman–Crippen LogP) is 1.91. The van der Waals surface area contributed by atoms with Crippen LogP contribution in [0.4, 0.5) is 0 Å². The standard InChI is InChI=1S/C20H32N4O2S/c1-2-21-20(23-19-10-13-27(25,26)16-19)22-14-17-6-8-18(9-7-17)15-24-11-4-3-5-12-24/h6-9,19H,2-5,10-16H2,1H3,(H2,21,22,23). The van der Waals surface area contributed by atoms with Gasteiger partial charge in [-0.15, -0.1) is 0 Å². The lowest BCUT2D eigenvalue weighted by molar-refractivity contribution is 0.221. The fourth-order valence-electron chi connectivity index (χ4n) is 3.72. The third kappa shape index (κ3) is 6.50. The van der Waals surface area contributed by atoms with E-state index < -0.39 is 9.84 Å². The zero-order chi connectivity index (χ0) is 19.1. The molecule has 2 aliphatic heterocycles. The summed E-state index contributed by atoms with van der Waals surface area (Å²) in [5, 5.41) is 6.47. The van der Waals surface area contributed by atoms with E-state index >= 15 is 0 Å². The van der Waals surface area contributed by atoms with E-state index in [1.165, 1.54) is 37.9 Å². The van der Waals surface area contributed by atoms with E-state index in [0.717, 1.165) is 18.7 Å². The van der Waals surface area contributed by atoms with Crippen LogP contribution in [0.15, 0.2) is 29.3 Å². The molecule has 0 amide bonds. The van der Waals surface area contributed by atoms with Gasteiger partial charge in [-0.2, -0.15) is 0 Å². The van der Waals surface area contributed by atoms with Crippen LogP contribution in [0.2, 0.25) is 0 Å². The van der Waals surface area contributed by atoms with Gasteiger partial charge in [0.1, 0.15) is 0 Å². The Morgan fingerprint density at radius 2 is 1.85 bits per heavy atom. The summed E-state index contributed by atoms with van der Waals surface area (Å²) < 4.78 is 23.3. The molecule has 7 heteroatoms. The van der Waals surface area contributed by atoms with Gasteiger partial charge in [-0.25, -0.2) is 13.4 Å². The second kappa shape index (κ2) is 9.55. The van der Waals surface area contributed by atoms with Crippen LogP contribution in [0.3, 0.4) is 0 Å². The van der Waals surface area contributed by atoms with Crippen molar-refractivity contribution in [2.75, 3.05) is 31.1 Å². The maximum atomic E-state index is 11.6. The fraction of sp³-hybridized carbons (Fsp3) is 0.650. The van der Waals surface area contributed by atoms with Gasteiger partial charge in [0, 0.05) is 19.1 Å². The number of nitrogens with zero attached hydrogens (tertiary/aromatic N) is 2. The molecule has 2 fully saturated rings. The molecule has 150 valence electrons. The van der Waals surface area contributed by atoms with Gasteiger partial charge in [-0.05, 0) is 50.4 Å². The third-order valence-corrected chi connectivity index (χ3v) is 6.98. The summed E-state index contributed by atoms with van der Waals surface area (Å²) in [6, 6.07) is 8.64. The summed E-state index contributed by atoms with van der Waals surface area (Å²) >= 11 is 0. The number of rotatable bonds is 6. The molecule has 0 spiro atoms. The van der Waals surface area contributed by atoms with Crippen LogP contribution in [0, 0.1) is 0 Å². The van der Waals surface area contributed by atoms with Gasteiger partial charge >= 0.3 is 0 Å². The third-order valence-electron chi connectivity index (χ3n) is 5.22. The Balaban J connectivity index is 1.53. The molecule has 1 aromatic carbocycles. The van der Waals surface area contributed by atoms with Crippen LogP contribution in [-0.2, 0) is 22.9 Å². The van der Waals surface area contributed by atoms with E-state index in [0.29, 0.717) is 18.9 Å². The molecule has 6 nitrogen and oxygen atoms in total. The van der Waals surface area contributed by atoms with Gasteiger partial charge in [0.05, 0.1) is 18.1 Å². The predicted molar refractivity (Wildman–Crippen MR) is 111 cm³/mol. The monoisotopic (exact) mass is 392 g/mol. The maximum Gasteiger partial charge on any atom is 0.191 e. The fourth-order valence-corrected chi connectivity index (χ4v) is 5.39. The van der Waals surface area contributed by atoms with Gasteiger partial charge in [0.2, 0.25) is 0 Å². The molecule has 3 rings (SSSR count). The first-order chi connectivity index (χ1) is 13.0. The van der Waals surface area contributed by atoms with E-state index in [4.69, 9.17) is 0 Å². The molecular weight excluding hydrogens is 360 g/mol. The summed E-state index contributed by atoms with van der Waals surface area (Å²) in [5.74, 6) is 1.16. The number of sulfone groups is 1. The Hall–Kier alpha value is -1.60. The minimum Gasteiger partial charge on any atom is -0.357 e. The van der Waals surface area contributed by atoms with Crippen LogP contribution in [0.1, 0.15) is 43.7 Å². The second-order valence-electron chi connectivity index (χ2n) is 7.59. The van der Waals surface area contributed by atoms with Gasteiger partial charge in [0.25, 0.3) is 0 Å². The number of guanidine groups is 1. The van der Waals surface area contributed by atoms with Gasteiger partial charge in [-0.3, -0.25) is 4.90 Å². The van der Waals surface area contributed by atoms with Crippen LogP contribution in [-0.4, -0.2) is 56.5 Å². The number of aliphatic imine (C=N–C) groups is 1. The average Bonchev–Trinajstić information content (AvgIpc) is 3.00. The van der Waals surface area contributed by atoms with E-state index in [1.54, 1.807) is 0 Å². The minimum atomic E-state index is -2.89. The highest BCUT2D eigenvalue weighted by Crippen LogP contribution is 2.14. The van der Waals surface area contributed by atoms with Crippen molar-refractivity contribution in [2.24, 2.45) is 4.99 Å². The molecule has 0 aliphatic carbocycles. The van der Waals surface area contributed by atoms with Gasteiger partial charge in [0.15, 0.2) is 15.8 Å². The molecular formula is C20H32N4O2S. The number of hydrogen-bond donors (Lipinski definition) is 2. The average molecular weight is 393 g/mol. The molecule has 2 heterocycles. The van der Waals surface area contributed by atoms with Gasteiger partial charge in [-0.1, -0.05) is 30.7 Å². The van der Waals surface area contributed by atoms with E-state index in [2.05, 4.69) is 44.8 Å². The Morgan fingerprint density at radius 1 is 1.15 bits per heavy atom. The minimum absolute atomic E-state index is 0.0419. The van der Waals surface area contributed by atoms with Crippen LogP contribution < -0.4 is 10.6 Å². The highest BCUT2D eigenvalue weighted by molar-refractivity contribution is 7.91. The smallest absolute Gasteiger partial charge is 0.191 e. The van der Waals surface area contributed by atoms with Crippen molar-refractivity contribution in [1.29, 1.82) is 0 Å². The summed E-state index contributed by atoms with van der Waals surface area (Å²) in [4.78, 5) is 7.16. The molecule has 1 aromatic rings. The van der Waals surface area contributed by atoms with E-state index in [9.17, 15) is 8.42 Å². The van der Waals surface area contributed by atoms with Crippen molar-refractivity contribution >= 4 is 15.8 Å². The van der Waals surface area contributed by atoms with Crippen molar-refractivity contribution in [2.45, 2.75) is 51.7 Å². The lowest BCUT2D eigenvalue weighted by Crippen LogP contribution is -2.44. The number of nitrogens with one attached hydrogen (secondary N) is 2. The molecule has 2 saturated heterocycles. The van der Waals surface area contributed by atoms with E-state index in [-0.39, 0.29) is 17.5 Å². The van der Waals surface area contributed by atoms with Crippen LogP contribution in [0.5, 0.6) is 0 Å². The Labute approximate surface area is 163 Å². The highest BCUT2D eigenvalue weighted by atomic mass is 32.2. The second-order valence-corrected chi connectivity index (χ2v) is 9.82. The molecule has 1 unspecified atom stereocenters. The number of likely N-dealkylation sites (tertiary alicyclic amines) is 1. The lowest BCUT2D eigenvalue weighted by atomic mass is 10.1. The van der Waals surface area contributed by atoms with Gasteiger partial charge < -0.3 is 10.6 Å². The topological polar surface area (TPSA) is 73.8 Å². The van der Waals surface area contributed by atoms with Crippen LogP contribution in [0.25, 0.3) is 0 Å². The lowest BCUT2D eigenvalue weighted by Gasteiger charge is -2.26. The molecule has 0 radical (unpaired) electrons. The largest absolute Gasteiger partial charge is 0.357 e. The molecule has 0 saturated carbocycles. The highest BCUT2D eigenvalue weighted by Gasteiger charge is 2.28. The molecule has 27 heavy (non-hydrogen) atoms. The van der Waals surface area contributed by atoms with E-state index in [1.807, 2.05) is 6.92 Å². The first-order valence-electron chi connectivity index (χ1n) is 10.1. The first kappa shape index (κ1) is 20.1. The molecule has 2 aliphatic rings. The van der Waals surface area contributed by atoms with Crippen LogP contribution >= 0.6 is 0 Å². The van der Waals surface area contributed by atoms with Crippen molar-refractivity contribution in [1.82, 2.24) is 15.5 Å². The Kier molecular flexibility index (Phi) is 7.13. The summed E-state index contributed by atoms with van der Waals surface area (Å²) in [6.45, 7) is 6.79. The van der Waals surface area contributed by atoms with Crippen molar-refractivity contribution in [3.8, 4) is 0 Å². The number of piperidine rings is 1. The Morgan fingerprint density at radius 3 is 2.48 bits per heavy atom. The normalized spacial score (nSPS) is 23.3. The SMILES string of the molecule is CCNC(=NCc1ccc(CN2CCCCC2)cc1)NC1CCS(=O)(=O)C1. The summed E-state index contributed by atoms with van der Waals surface area (Å²) in [7, 11) is -2.89. The summed E-state index contributed by atoms with van der Waals surface area (Å²) in [6.07, 6.45) is 4.64. The molecule has 0 bridgehead atoms. The quantitative estimate of drug-likeness (QED) is 0.571. The number of benzene rings is 1. The Bertz CT molecular complexity index is 725. The van der Waals surface area contributed by atoms with Crippen molar-refractivity contribution < 1.29 is 8.42 Å². The zero-order valence-electron chi connectivity index (χ0n) is 16.3. The molecule has 0 aromatic heterocycles. The maximum absolute atomic E-state index is 11.6. The molecule has 1 atom stereocenters. The molecule has 2 N–H and O–H groups in total.